The van der Waals surface area contributed by atoms with Crippen molar-refractivity contribution in [2.45, 2.75) is 19.8 Å². The molecule has 3 aromatic carbocycles. The van der Waals surface area contributed by atoms with Crippen LogP contribution in [-0.2, 0) is 11.2 Å². The van der Waals surface area contributed by atoms with Crippen molar-refractivity contribution in [3.63, 3.8) is 0 Å². The lowest BCUT2D eigenvalue weighted by Crippen LogP contribution is -1.94. The van der Waals surface area contributed by atoms with Crippen molar-refractivity contribution in [2.75, 3.05) is 0 Å². The summed E-state index contributed by atoms with van der Waals surface area (Å²) in [4.78, 5) is 17.4. The molecule has 27 heavy (non-hydrogen) atoms. The maximum atomic E-state index is 14.4. The number of aromatic nitrogens is 2. The minimum absolute atomic E-state index is 0. The third kappa shape index (κ3) is 2.08. The van der Waals surface area contributed by atoms with E-state index in [2.05, 4.69) is 9.97 Å². The van der Waals surface area contributed by atoms with E-state index in [1.54, 1.807) is 12.1 Å². The Morgan fingerprint density at radius 3 is 2.04 bits per heavy atom. The first-order valence-electron chi connectivity index (χ1n) is 8.86. The van der Waals surface area contributed by atoms with Gasteiger partial charge < -0.3 is 14.8 Å². The molecule has 0 unspecified atom stereocenters. The smallest absolute Gasteiger partial charge is 0.147 e. The molecule has 2 aromatic heterocycles. The van der Waals surface area contributed by atoms with Crippen LogP contribution < -0.4 is 0 Å². The summed E-state index contributed by atoms with van der Waals surface area (Å²) in [5.41, 5.74) is 4.34. The second-order valence-corrected chi connectivity index (χ2v) is 6.88. The fraction of sp³-hybridized carbons (Fsp3) is 0.136. The molecule has 2 N–H and O–H groups in total. The second kappa shape index (κ2) is 5.64. The van der Waals surface area contributed by atoms with Gasteiger partial charge in [0, 0.05) is 30.8 Å². The van der Waals surface area contributed by atoms with Gasteiger partial charge in [0.25, 0.3) is 0 Å². The molecule has 0 atom stereocenters. The minimum Gasteiger partial charge on any atom is -0.350 e. The Kier molecular flexibility index (Phi) is 3.34. The van der Waals surface area contributed by atoms with E-state index in [1.165, 1.54) is 12.1 Å². The SMILES string of the molecule is Cc1c(CCC=O)c2c3cccc(F)c3[nH]c2c2[nH]c3c(F)cccc3c12.[HH].[HH]. The zero-order valence-corrected chi connectivity index (χ0v) is 14.6. The van der Waals surface area contributed by atoms with Crippen molar-refractivity contribution >= 4 is 49.9 Å². The summed E-state index contributed by atoms with van der Waals surface area (Å²) in [6, 6.07) is 9.95. The number of benzene rings is 3. The van der Waals surface area contributed by atoms with E-state index in [-0.39, 0.29) is 14.5 Å². The highest BCUT2D eigenvalue weighted by Crippen LogP contribution is 2.41. The number of aromatic amines is 2. The van der Waals surface area contributed by atoms with Crippen molar-refractivity contribution in [1.82, 2.24) is 9.97 Å². The molecule has 0 saturated carbocycles. The van der Waals surface area contributed by atoms with Gasteiger partial charge in [-0.05, 0) is 36.6 Å². The molecule has 0 aliphatic heterocycles. The summed E-state index contributed by atoms with van der Waals surface area (Å²) in [7, 11) is 0. The predicted octanol–water partition coefficient (Wildman–Crippen LogP) is 6.17. The van der Waals surface area contributed by atoms with E-state index in [4.69, 9.17) is 0 Å². The van der Waals surface area contributed by atoms with Gasteiger partial charge in [0.05, 0.1) is 22.1 Å². The van der Waals surface area contributed by atoms with Gasteiger partial charge in [-0.15, -0.1) is 0 Å². The average Bonchev–Trinajstić information content (AvgIpc) is 3.23. The molecule has 138 valence electrons. The highest BCUT2D eigenvalue weighted by atomic mass is 19.1. The van der Waals surface area contributed by atoms with Crippen LogP contribution in [0, 0.1) is 18.6 Å². The van der Waals surface area contributed by atoms with E-state index < -0.39 is 0 Å². The van der Waals surface area contributed by atoms with E-state index >= 15 is 0 Å². The number of H-pyrrole nitrogens is 2. The summed E-state index contributed by atoms with van der Waals surface area (Å²) in [5, 5.41) is 3.36. The summed E-state index contributed by atoms with van der Waals surface area (Å²) in [6.45, 7) is 1.98. The largest absolute Gasteiger partial charge is 0.350 e. The summed E-state index contributed by atoms with van der Waals surface area (Å²) >= 11 is 0. The molecule has 0 aliphatic carbocycles. The van der Waals surface area contributed by atoms with Gasteiger partial charge in [0.1, 0.15) is 17.9 Å². The number of rotatable bonds is 3. The number of aryl methyl sites for hydroxylation is 2. The Labute approximate surface area is 155 Å². The number of hydrogen-bond acceptors (Lipinski definition) is 1. The van der Waals surface area contributed by atoms with Gasteiger partial charge in [-0.3, -0.25) is 0 Å². The molecule has 0 bridgehead atoms. The molecule has 0 aliphatic rings. The fourth-order valence-electron chi connectivity index (χ4n) is 4.30. The van der Waals surface area contributed by atoms with Crippen molar-refractivity contribution in [1.29, 1.82) is 0 Å². The fourth-order valence-corrected chi connectivity index (χ4v) is 4.30. The molecule has 0 radical (unpaired) electrons. The number of fused-ring (bicyclic) bond motifs is 7. The van der Waals surface area contributed by atoms with Crippen molar-refractivity contribution in [3.8, 4) is 0 Å². The quantitative estimate of drug-likeness (QED) is 0.369. The minimum atomic E-state index is -0.335. The number of hydrogen-bond donors (Lipinski definition) is 2. The van der Waals surface area contributed by atoms with E-state index in [0.29, 0.717) is 23.9 Å². The Morgan fingerprint density at radius 1 is 0.889 bits per heavy atom. The Morgan fingerprint density at radius 2 is 1.44 bits per heavy atom. The molecular weight excluding hydrogens is 346 g/mol. The van der Waals surface area contributed by atoms with E-state index in [9.17, 15) is 13.6 Å². The van der Waals surface area contributed by atoms with Crippen LogP contribution in [0.5, 0.6) is 0 Å². The van der Waals surface area contributed by atoms with Gasteiger partial charge in [-0.1, -0.05) is 24.3 Å². The summed E-state index contributed by atoms with van der Waals surface area (Å²) < 4.78 is 28.8. The zero-order valence-electron chi connectivity index (χ0n) is 14.6. The highest BCUT2D eigenvalue weighted by molar-refractivity contribution is 6.24. The number of carbonyl (C=O) groups excluding carboxylic acids is 1. The molecule has 0 spiro atoms. The van der Waals surface area contributed by atoms with Gasteiger partial charge in [0.2, 0.25) is 0 Å². The third-order valence-electron chi connectivity index (χ3n) is 5.46. The van der Waals surface area contributed by atoms with Crippen LogP contribution in [0.4, 0.5) is 8.78 Å². The van der Waals surface area contributed by atoms with Crippen LogP contribution in [-0.4, -0.2) is 16.3 Å². The molecule has 0 amide bonds. The molecule has 5 heteroatoms. The lowest BCUT2D eigenvalue weighted by molar-refractivity contribution is -0.107. The molecule has 0 saturated heterocycles. The Hall–Kier alpha value is -3.21. The summed E-state index contributed by atoms with van der Waals surface area (Å²) in [5.74, 6) is -0.661. The Balaban J connectivity index is 0.00000120. The number of aldehydes is 1. The van der Waals surface area contributed by atoms with E-state index in [1.807, 2.05) is 19.1 Å². The number of para-hydroxylation sites is 2. The average molecular weight is 366 g/mol. The lowest BCUT2D eigenvalue weighted by atomic mass is 9.93. The molecule has 0 fully saturated rings. The number of nitrogens with one attached hydrogen (secondary N) is 2. The van der Waals surface area contributed by atoms with Crippen LogP contribution in [0.15, 0.2) is 36.4 Å². The molecular formula is C22H20F2N2O. The van der Waals surface area contributed by atoms with Crippen LogP contribution >= 0.6 is 0 Å². The molecule has 2 heterocycles. The van der Waals surface area contributed by atoms with Crippen LogP contribution in [0.1, 0.15) is 20.4 Å². The van der Waals surface area contributed by atoms with Crippen LogP contribution in [0.25, 0.3) is 43.6 Å². The molecule has 5 aromatic rings. The Bertz CT molecular complexity index is 1390. The first-order valence-corrected chi connectivity index (χ1v) is 8.86. The van der Waals surface area contributed by atoms with Crippen LogP contribution in [0.2, 0.25) is 0 Å². The van der Waals surface area contributed by atoms with Gasteiger partial charge in [0.15, 0.2) is 0 Å². The van der Waals surface area contributed by atoms with Gasteiger partial charge in [-0.2, -0.15) is 0 Å². The third-order valence-corrected chi connectivity index (χ3v) is 5.46. The molecule has 5 rings (SSSR count). The van der Waals surface area contributed by atoms with Crippen molar-refractivity contribution in [2.24, 2.45) is 0 Å². The first kappa shape index (κ1) is 16.0. The van der Waals surface area contributed by atoms with Crippen molar-refractivity contribution < 1.29 is 16.4 Å². The normalized spacial score (nSPS) is 12.0. The van der Waals surface area contributed by atoms with Crippen LogP contribution in [0.3, 0.4) is 0 Å². The predicted molar refractivity (Wildman–Crippen MR) is 108 cm³/mol. The maximum Gasteiger partial charge on any atom is 0.147 e. The summed E-state index contributed by atoms with van der Waals surface area (Å²) in [6.07, 6.45) is 1.81. The van der Waals surface area contributed by atoms with E-state index in [0.717, 1.165) is 50.0 Å². The van der Waals surface area contributed by atoms with Gasteiger partial charge in [-0.25, -0.2) is 8.78 Å². The van der Waals surface area contributed by atoms with Crippen molar-refractivity contribution in [3.05, 3.63) is 59.2 Å². The topological polar surface area (TPSA) is 48.6 Å². The second-order valence-electron chi connectivity index (χ2n) is 6.88. The number of halogens is 2. The molecule has 3 nitrogen and oxygen atoms in total. The number of carbonyl (C=O) groups is 1. The lowest BCUT2D eigenvalue weighted by Gasteiger charge is -2.10. The first-order chi connectivity index (χ1) is 13.1. The monoisotopic (exact) mass is 366 g/mol. The zero-order chi connectivity index (χ0) is 18.7. The maximum absolute atomic E-state index is 14.4. The van der Waals surface area contributed by atoms with Gasteiger partial charge >= 0.3 is 0 Å². The standard InChI is InChI=1S/C22H16F2N2O.2H2/c1-11-12(7-4-10-27)18-14-6-3-9-16(24)20(14)26-22(18)21-17(11)13-5-2-8-15(23)19(13)25-21;;/h2-3,5-6,8-10,25-26H,4,7H2,1H3;2*1H. The highest BCUT2D eigenvalue weighted by Gasteiger charge is 2.21.